The summed E-state index contributed by atoms with van der Waals surface area (Å²) in [5, 5.41) is 3.58. The first kappa shape index (κ1) is 15.2. The minimum atomic E-state index is 0.662. The second kappa shape index (κ2) is 6.98. The maximum Gasteiger partial charge on any atom is 0.160 e. The SMILES string of the molecule is COc1ccc(C2CCC2CNCC(C)C)cc1OC. The summed E-state index contributed by atoms with van der Waals surface area (Å²) in [6.45, 7) is 6.73. The summed E-state index contributed by atoms with van der Waals surface area (Å²) in [7, 11) is 3.38. The molecule has 2 atom stereocenters. The van der Waals surface area contributed by atoms with Crippen LogP contribution in [0.15, 0.2) is 18.2 Å². The molecule has 2 unspecified atom stereocenters. The van der Waals surface area contributed by atoms with Gasteiger partial charge in [-0.2, -0.15) is 0 Å². The molecule has 1 fully saturated rings. The molecule has 1 aromatic carbocycles. The van der Waals surface area contributed by atoms with E-state index in [-0.39, 0.29) is 0 Å². The Morgan fingerprint density at radius 1 is 1.15 bits per heavy atom. The van der Waals surface area contributed by atoms with Gasteiger partial charge in [0.15, 0.2) is 11.5 Å². The molecule has 0 saturated heterocycles. The van der Waals surface area contributed by atoms with Gasteiger partial charge in [-0.25, -0.2) is 0 Å². The van der Waals surface area contributed by atoms with Crippen LogP contribution in [0.3, 0.4) is 0 Å². The van der Waals surface area contributed by atoms with Gasteiger partial charge in [-0.3, -0.25) is 0 Å². The quantitative estimate of drug-likeness (QED) is 0.828. The van der Waals surface area contributed by atoms with Crippen molar-refractivity contribution in [1.29, 1.82) is 0 Å². The second-order valence-electron chi connectivity index (χ2n) is 6.11. The van der Waals surface area contributed by atoms with Gasteiger partial charge in [0.05, 0.1) is 14.2 Å². The number of methoxy groups -OCH3 is 2. The van der Waals surface area contributed by atoms with E-state index in [4.69, 9.17) is 9.47 Å². The van der Waals surface area contributed by atoms with E-state index in [1.807, 2.05) is 6.07 Å². The molecule has 3 heteroatoms. The summed E-state index contributed by atoms with van der Waals surface area (Å²) in [6.07, 6.45) is 2.60. The first-order valence-corrected chi connectivity index (χ1v) is 7.58. The van der Waals surface area contributed by atoms with Gasteiger partial charge in [0.2, 0.25) is 0 Å². The summed E-state index contributed by atoms with van der Waals surface area (Å²) in [4.78, 5) is 0. The molecule has 1 N–H and O–H groups in total. The van der Waals surface area contributed by atoms with Crippen molar-refractivity contribution in [1.82, 2.24) is 5.32 Å². The van der Waals surface area contributed by atoms with E-state index in [1.54, 1.807) is 14.2 Å². The van der Waals surface area contributed by atoms with Crippen molar-refractivity contribution in [3.8, 4) is 11.5 Å². The Morgan fingerprint density at radius 3 is 2.45 bits per heavy atom. The molecule has 0 amide bonds. The average Bonchev–Trinajstić information content (AvgIpc) is 2.41. The van der Waals surface area contributed by atoms with Gasteiger partial charge in [0.25, 0.3) is 0 Å². The lowest BCUT2D eigenvalue weighted by Crippen LogP contribution is -2.35. The van der Waals surface area contributed by atoms with E-state index >= 15 is 0 Å². The average molecular weight is 277 g/mol. The third kappa shape index (κ3) is 3.45. The van der Waals surface area contributed by atoms with E-state index in [9.17, 15) is 0 Å². The fourth-order valence-electron chi connectivity index (χ4n) is 2.89. The lowest BCUT2D eigenvalue weighted by molar-refractivity contribution is 0.242. The van der Waals surface area contributed by atoms with Crippen LogP contribution < -0.4 is 14.8 Å². The van der Waals surface area contributed by atoms with Crippen molar-refractivity contribution in [2.45, 2.75) is 32.6 Å². The molecule has 1 aliphatic rings. The Balaban J connectivity index is 1.97. The van der Waals surface area contributed by atoms with E-state index in [0.717, 1.165) is 36.4 Å². The number of benzene rings is 1. The van der Waals surface area contributed by atoms with E-state index in [1.165, 1.54) is 18.4 Å². The van der Waals surface area contributed by atoms with Crippen LogP contribution in [0.2, 0.25) is 0 Å². The molecule has 0 bridgehead atoms. The van der Waals surface area contributed by atoms with Gasteiger partial charge in [-0.15, -0.1) is 0 Å². The van der Waals surface area contributed by atoms with Crippen LogP contribution >= 0.6 is 0 Å². The minimum absolute atomic E-state index is 0.662. The normalized spacial score (nSPS) is 21.6. The first-order valence-electron chi connectivity index (χ1n) is 7.58. The predicted octanol–water partition coefficient (Wildman–Crippen LogP) is 3.44. The van der Waals surface area contributed by atoms with Gasteiger partial charge in [-0.05, 0) is 61.4 Å². The fourth-order valence-corrected chi connectivity index (χ4v) is 2.89. The molecule has 0 heterocycles. The number of hydrogen-bond donors (Lipinski definition) is 1. The third-order valence-corrected chi connectivity index (χ3v) is 4.21. The maximum atomic E-state index is 5.40. The van der Waals surface area contributed by atoms with E-state index < -0.39 is 0 Å². The van der Waals surface area contributed by atoms with Gasteiger partial charge in [0.1, 0.15) is 0 Å². The van der Waals surface area contributed by atoms with Gasteiger partial charge in [-0.1, -0.05) is 19.9 Å². The summed E-state index contributed by atoms with van der Waals surface area (Å²) >= 11 is 0. The molecule has 1 saturated carbocycles. The summed E-state index contributed by atoms with van der Waals surface area (Å²) in [6, 6.07) is 6.34. The zero-order valence-electron chi connectivity index (χ0n) is 13.1. The molecule has 1 aromatic rings. The lowest BCUT2D eigenvalue weighted by atomic mass is 9.70. The van der Waals surface area contributed by atoms with Gasteiger partial charge >= 0.3 is 0 Å². The zero-order valence-corrected chi connectivity index (χ0v) is 13.1. The molecular formula is C17H27NO2. The minimum Gasteiger partial charge on any atom is -0.493 e. The standard InChI is InChI=1S/C17H27NO2/c1-12(2)10-18-11-14-5-7-15(14)13-6-8-16(19-3)17(9-13)20-4/h6,8-9,12,14-15,18H,5,7,10-11H2,1-4H3. The topological polar surface area (TPSA) is 30.5 Å². The highest BCUT2D eigenvalue weighted by Gasteiger charge is 2.32. The van der Waals surface area contributed by atoms with Gasteiger partial charge < -0.3 is 14.8 Å². The molecular weight excluding hydrogens is 250 g/mol. The van der Waals surface area contributed by atoms with Crippen molar-refractivity contribution in [2.75, 3.05) is 27.3 Å². The maximum absolute atomic E-state index is 5.40. The van der Waals surface area contributed by atoms with Crippen molar-refractivity contribution < 1.29 is 9.47 Å². The van der Waals surface area contributed by atoms with E-state index in [2.05, 4.69) is 31.3 Å². The van der Waals surface area contributed by atoms with Crippen LogP contribution in [0.5, 0.6) is 11.5 Å². The smallest absolute Gasteiger partial charge is 0.160 e. The van der Waals surface area contributed by atoms with Gasteiger partial charge in [0, 0.05) is 0 Å². The van der Waals surface area contributed by atoms with Crippen LogP contribution in [0.1, 0.15) is 38.2 Å². The molecule has 0 aliphatic heterocycles. The highest BCUT2D eigenvalue weighted by Crippen LogP contribution is 2.44. The summed E-state index contributed by atoms with van der Waals surface area (Å²) in [5.74, 6) is 3.78. The predicted molar refractivity (Wildman–Crippen MR) is 82.7 cm³/mol. The molecule has 112 valence electrons. The highest BCUT2D eigenvalue weighted by atomic mass is 16.5. The van der Waals surface area contributed by atoms with Crippen LogP contribution in [0, 0.1) is 11.8 Å². The molecule has 0 aromatic heterocycles. The number of nitrogens with one attached hydrogen (secondary N) is 1. The Kier molecular flexibility index (Phi) is 5.30. The molecule has 0 spiro atoms. The molecule has 1 aliphatic carbocycles. The van der Waals surface area contributed by atoms with Crippen LogP contribution in [-0.2, 0) is 0 Å². The van der Waals surface area contributed by atoms with Crippen LogP contribution in [0.4, 0.5) is 0 Å². The third-order valence-electron chi connectivity index (χ3n) is 4.21. The Hall–Kier alpha value is -1.22. The largest absolute Gasteiger partial charge is 0.493 e. The zero-order chi connectivity index (χ0) is 14.5. The van der Waals surface area contributed by atoms with Crippen LogP contribution in [-0.4, -0.2) is 27.3 Å². The number of ether oxygens (including phenoxy) is 2. The Bertz CT molecular complexity index is 431. The molecule has 20 heavy (non-hydrogen) atoms. The number of hydrogen-bond acceptors (Lipinski definition) is 3. The lowest BCUT2D eigenvalue weighted by Gasteiger charge is -2.37. The summed E-state index contributed by atoms with van der Waals surface area (Å²) in [5.41, 5.74) is 1.38. The second-order valence-corrected chi connectivity index (χ2v) is 6.11. The molecule has 3 nitrogen and oxygen atoms in total. The van der Waals surface area contributed by atoms with Crippen LogP contribution in [0.25, 0.3) is 0 Å². The molecule has 2 rings (SSSR count). The van der Waals surface area contributed by atoms with Crippen molar-refractivity contribution in [3.63, 3.8) is 0 Å². The highest BCUT2D eigenvalue weighted by molar-refractivity contribution is 5.44. The van der Waals surface area contributed by atoms with E-state index in [0.29, 0.717) is 5.92 Å². The van der Waals surface area contributed by atoms with Crippen molar-refractivity contribution in [3.05, 3.63) is 23.8 Å². The fraction of sp³-hybridized carbons (Fsp3) is 0.647. The Morgan fingerprint density at radius 2 is 1.90 bits per heavy atom. The van der Waals surface area contributed by atoms with Crippen molar-refractivity contribution >= 4 is 0 Å². The monoisotopic (exact) mass is 277 g/mol. The van der Waals surface area contributed by atoms with Crippen molar-refractivity contribution in [2.24, 2.45) is 11.8 Å². The Labute approximate surface area is 122 Å². The first-order chi connectivity index (χ1) is 9.65. The summed E-state index contributed by atoms with van der Waals surface area (Å²) < 4.78 is 10.7. The molecule has 0 radical (unpaired) electrons. The number of rotatable bonds is 7.